The Balaban J connectivity index is 1.33. The Morgan fingerprint density at radius 3 is 2.69 bits per heavy atom. The van der Waals surface area contributed by atoms with Gasteiger partial charge in [-0.05, 0) is 55.7 Å². The zero-order chi connectivity index (χ0) is 23.3. The number of aryl methyl sites for hydroxylation is 2. The number of carbonyl (C=O) groups is 3. The van der Waals surface area contributed by atoms with Crippen molar-refractivity contribution in [1.82, 2.24) is 9.88 Å². The summed E-state index contributed by atoms with van der Waals surface area (Å²) in [6.45, 7) is 10.5. The number of imide groups is 1. The molecule has 3 amide bonds. The van der Waals surface area contributed by atoms with Gasteiger partial charge in [0.15, 0.2) is 5.13 Å². The number of benzene rings is 1. The summed E-state index contributed by atoms with van der Waals surface area (Å²) in [6.07, 6.45) is 2.19. The summed E-state index contributed by atoms with van der Waals surface area (Å²) in [6, 6.07) is 6.20. The summed E-state index contributed by atoms with van der Waals surface area (Å²) in [4.78, 5) is 44.3. The van der Waals surface area contributed by atoms with Crippen LogP contribution in [-0.4, -0.2) is 34.2 Å². The largest absolute Gasteiger partial charge is 0.302 e. The van der Waals surface area contributed by atoms with Crippen molar-refractivity contribution in [1.29, 1.82) is 0 Å². The number of rotatable bonds is 6. The number of hydrogen-bond donors (Lipinski definition) is 1. The molecule has 2 bridgehead atoms. The van der Waals surface area contributed by atoms with E-state index in [9.17, 15) is 14.4 Å². The third-order valence-electron chi connectivity index (χ3n) is 7.85. The normalized spacial score (nSPS) is 24.2. The zero-order valence-electron chi connectivity index (χ0n) is 19.4. The van der Waals surface area contributed by atoms with E-state index in [1.807, 2.05) is 32.2 Å². The molecule has 2 heterocycles. The van der Waals surface area contributed by atoms with E-state index in [4.69, 9.17) is 0 Å². The van der Waals surface area contributed by atoms with Crippen molar-refractivity contribution in [2.75, 3.05) is 11.9 Å². The number of thiazole rings is 1. The fourth-order valence-corrected chi connectivity index (χ4v) is 5.79. The van der Waals surface area contributed by atoms with Crippen LogP contribution < -0.4 is 5.32 Å². The minimum absolute atomic E-state index is 0.0756. The fourth-order valence-electron chi connectivity index (χ4n) is 5.06. The summed E-state index contributed by atoms with van der Waals surface area (Å²) in [5.41, 5.74) is 3.48. The Kier molecular flexibility index (Phi) is 5.74. The van der Waals surface area contributed by atoms with Gasteiger partial charge in [-0.1, -0.05) is 32.9 Å². The van der Waals surface area contributed by atoms with Crippen molar-refractivity contribution >= 4 is 34.2 Å². The molecule has 1 aliphatic carbocycles. The molecule has 7 heteroatoms. The van der Waals surface area contributed by atoms with Crippen molar-refractivity contribution in [2.45, 2.75) is 60.3 Å². The predicted molar refractivity (Wildman–Crippen MR) is 126 cm³/mol. The molecule has 0 radical (unpaired) electrons. The van der Waals surface area contributed by atoms with E-state index < -0.39 is 5.41 Å². The minimum atomic E-state index is -0.501. The van der Waals surface area contributed by atoms with Crippen molar-refractivity contribution in [3.8, 4) is 11.3 Å². The van der Waals surface area contributed by atoms with E-state index in [1.54, 1.807) is 0 Å². The molecule has 2 aliphatic rings. The molecule has 1 saturated heterocycles. The smallest absolute Gasteiger partial charge is 0.235 e. The first-order valence-electron chi connectivity index (χ1n) is 11.2. The van der Waals surface area contributed by atoms with Crippen LogP contribution in [0.15, 0.2) is 23.6 Å². The number of amides is 3. The van der Waals surface area contributed by atoms with Gasteiger partial charge in [-0.2, -0.15) is 0 Å². The second-order valence-corrected chi connectivity index (χ2v) is 10.8. The van der Waals surface area contributed by atoms with Gasteiger partial charge in [-0.3, -0.25) is 19.3 Å². The number of likely N-dealkylation sites (tertiary alicyclic amines) is 1. The Bertz CT molecular complexity index is 1090. The average molecular weight is 454 g/mol. The topological polar surface area (TPSA) is 79.4 Å². The molecule has 2 fully saturated rings. The number of carbonyl (C=O) groups excluding carboxylic acids is 3. The number of fused-ring (bicyclic) bond motifs is 2. The molecule has 1 aromatic carbocycles. The Morgan fingerprint density at radius 1 is 1.22 bits per heavy atom. The minimum Gasteiger partial charge on any atom is -0.302 e. The highest BCUT2D eigenvalue weighted by atomic mass is 32.1. The van der Waals surface area contributed by atoms with Gasteiger partial charge in [0, 0.05) is 29.8 Å². The van der Waals surface area contributed by atoms with Crippen LogP contribution in [0.5, 0.6) is 0 Å². The Morgan fingerprint density at radius 2 is 1.97 bits per heavy atom. The van der Waals surface area contributed by atoms with Crippen LogP contribution in [-0.2, 0) is 14.4 Å². The van der Waals surface area contributed by atoms with E-state index in [-0.39, 0.29) is 35.5 Å². The van der Waals surface area contributed by atoms with Crippen LogP contribution in [0.4, 0.5) is 5.13 Å². The monoisotopic (exact) mass is 453 g/mol. The highest BCUT2D eigenvalue weighted by Crippen LogP contribution is 2.60. The fraction of sp³-hybridized carbons (Fsp3) is 0.520. The summed E-state index contributed by atoms with van der Waals surface area (Å²) < 4.78 is 0. The third kappa shape index (κ3) is 3.66. The van der Waals surface area contributed by atoms with Crippen molar-refractivity contribution in [2.24, 2.45) is 16.7 Å². The van der Waals surface area contributed by atoms with Gasteiger partial charge in [0.2, 0.25) is 17.7 Å². The van der Waals surface area contributed by atoms with Crippen LogP contribution in [0.3, 0.4) is 0 Å². The van der Waals surface area contributed by atoms with E-state index >= 15 is 0 Å². The predicted octanol–water partition coefficient (Wildman–Crippen LogP) is 4.96. The molecule has 32 heavy (non-hydrogen) atoms. The van der Waals surface area contributed by atoms with Gasteiger partial charge < -0.3 is 5.32 Å². The lowest BCUT2D eigenvalue weighted by molar-refractivity contribution is -0.168. The third-order valence-corrected chi connectivity index (χ3v) is 8.60. The van der Waals surface area contributed by atoms with Gasteiger partial charge >= 0.3 is 0 Å². The van der Waals surface area contributed by atoms with Crippen LogP contribution in [0.1, 0.15) is 57.6 Å². The standard InChI is InChI=1S/C25H31N3O3S/c1-15-8-9-17(13-16(15)2)19-14-32-23(26-19)27-20(29)7-6-12-28-21(30)18-10-11-25(5,22(28)31)24(18,3)4/h8-9,13-14,18H,6-7,10-12H2,1-5H3,(H,26,27,29). The van der Waals surface area contributed by atoms with Crippen LogP contribution >= 0.6 is 11.3 Å². The van der Waals surface area contributed by atoms with Gasteiger partial charge in [-0.15, -0.1) is 11.3 Å². The maximum Gasteiger partial charge on any atom is 0.235 e. The van der Waals surface area contributed by atoms with Crippen molar-refractivity contribution in [3.05, 3.63) is 34.7 Å². The first-order valence-corrected chi connectivity index (χ1v) is 12.1. The van der Waals surface area contributed by atoms with Gasteiger partial charge in [0.1, 0.15) is 0 Å². The first kappa shape index (κ1) is 22.6. The Hall–Kier alpha value is -2.54. The van der Waals surface area contributed by atoms with E-state index in [0.717, 1.165) is 24.1 Å². The molecule has 1 N–H and O–H groups in total. The molecule has 6 nitrogen and oxygen atoms in total. The molecule has 2 unspecified atom stereocenters. The quantitative estimate of drug-likeness (QED) is 0.627. The lowest BCUT2D eigenvalue weighted by Crippen LogP contribution is -2.59. The average Bonchev–Trinajstić information content (AvgIpc) is 3.26. The highest BCUT2D eigenvalue weighted by molar-refractivity contribution is 7.14. The molecule has 1 aliphatic heterocycles. The first-order chi connectivity index (χ1) is 15.0. The Labute approximate surface area is 193 Å². The number of nitrogens with one attached hydrogen (secondary N) is 1. The van der Waals surface area contributed by atoms with Crippen LogP contribution in [0.2, 0.25) is 0 Å². The summed E-state index contributed by atoms with van der Waals surface area (Å²) >= 11 is 1.39. The van der Waals surface area contributed by atoms with Crippen LogP contribution in [0.25, 0.3) is 11.3 Å². The van der Waals surface area contributed by atoms with E-state index in [0.29, 0.717) is 18.1 Å². The lowest BCUT2D eigenvalue weighted by atomic mass is 9.62. The molecule has 1 saturated carbocycles. The second-order valence-electron chi connectivity index (χ2n) is 9.93. The number of aromatic nitrogens is 1. The number of anilines is 1. The summed E-state index contributed by atoms with van der Waals surface area (Å²) in [5.74, 6) is -0.427. The lowest BCUT2D eigenvalue weighted by Gasteiger charge is -2.47. The zero-order valence-corrected chi connectivity index (χ0v) is 20.3. The highest BCUT2D eigenvalue weighted by Gasteiger charge is 2.64. The molecule has 170 valence electrons. The van der Waals surface area contributed by atoms with Gasteiger partial charge in [0.05, 0.1) is 11.1 Å². The molecule has 4 rings (SSSR count). The van der Waals surface area contributed by atoms with E-state index in [2.05, 4.69) is 36.3 Å². The van der Waals surface area contributed by atoms with Crippen molar-refractivity contribution in [3.63, 3.8) is 0 Å². The molecule has 2 aromatic rings. The van der Waals surface area contributed by atoms with Crippen molar-refractivity contribution < 1.29 is 14.4 Å². The number of nitrogens with zero attached hydrogens (tertiary/aromatic N) is 2. The molecular weight excluding hydrogens is 422 g/mol. The molecule has 2 atom stereocenters. The second kappa shape index (κ2) is 8.10. The number of piperidine rings is 1. The van der Waals surface area contributed by atoms with Crippen LogP contribution in [0, 0.1) is 30.6 Å². The maximum atomic E-state index is 13.1. The molecule has 1 aromatic heterocycles. The molecular formula is C25H31N3O3S. The summed E-state index contributed by atoms with van der Waals surface area (Å²) in [7, 11) is 0. The maximum absolute atomic E-state index is 13.1. The summed E-state index contributed by atoms with van der Waals surface area (Å²) in [5, 5.41) is 5.34. The van der Waals surface area contributed by atoms with E-state index in [1.165, 1.54) is 27.4 Å². The number of hydrogen-bond acceptors (Lipinski definition) is 5. The SMILES string of the molecule is Cc1ccc(-c2csc(NC(=O)CCCN3C(=O)C4CCC(C)(C3=O)C4(C)C)n2)cc1C. The van der Waals surface area contributed by atoms with Gasteiger partial charge in [-0.25, -0.2) is 4.98 Å². The van der Waals surface area contributed by atoms with Gasteiger partial charge in [0.25, 0.3) is 0 Å². The molecule has 0 spiro atoms.